The summed E-state index contributed by atoms with van der Waals surface area (Å²) in [7, 11) is -3.57. The third-order valence-corrected chi connectivity index (χ3v) is 6.84. The van der Waals surface area contributed by atoms with E-state index in [1.807, 2.05) is 0 Å². The summed E-state index contributed by atoms with van der Waals surface area (Å²) < 4.78 is 27.1. The SMILES string of the molecule is O=C(NNC(=O)c1cccc(Cl)c1)c1ccc(S(=O)(=O)N2CCCCCC2)cc1. The first kappa shape index (κ1) is 21.3. The fraction of sp³-hybridized carbons (Fsp3) is 0.300. The van der Waals surface area contributed by atoms with Gasteiger partial charge in [0.25, 0.3) is 11.8 Å². The first-order valence-corrected chi connectivity index (χ1v) is 11.2. The lowest BCUT2D eigenvalue weighted by Gasteiger charge is -2.20. The summed E-state index contributed by atoms with van der Waals surface area (Å²) in [4.78, 5) is 24.4. The molecule has 7 nitrogen and oxygen atoms in total. The van der Waals surface area contributed by atoms with Crippen LogP contribution in [-0.2, 0) is 10.0 Å². The van der Waals surface area contributed by atoms with Crippen molar-refractivity contribution in [1.82, 2.24) is 15.2 Å². The predicted octanol–water partition coefficient (Wildman–Crippen LogP) is 2.98. The molecule has 0 aromatic heterocycles. The van der Waals surface area contributed by atoms with Crippen LogP contribution in [0.4, 0.5) is 0 Å². The lowest BCUT2D eigenvalue weighted by molar-refractivity contribution is 0.0846. The van der Waals surface area contributed by atoms with Gasteiger partial charge in [-0.3, -0.25) is 20.4 Å². The number of halogens is 1. The Balaban J connectivity index is 1.63. The van der Waals surface area contributed by atoms with Gasteiger partial charge in [0.1, 0.15) is 0 Å². The third-order valence-electron chi connectivity index (χ3n) is 4.70. The van der Waals surface area contributed by atoms with E-state index in [-0.39, 0.29) is 10.5 Å². The van der Waals surface area contributed by atoms with Crippen molar-refractivity contribution in [3.63, 3.8) is 0 Å². The summed E-state index contributed by atoms with van der Waals surface area (Å²) in [6.07, 6.45) is 3.77. The number of benzene rings is 2. The molecule has 0 atom stereocenters. The Hall–Kier alpha value is -2.42. The van der Waals surface area contributed by atoms with Crippen molar-refractivity contribution in [3.8, 4) is 0 Å². The number of carbonyl (C=O) groups excluding carboxylic acids is 2. The van der Waals surface area contributed by atoms with Gasteiger partial charge in [0.2, 0.25) is 10.0 Å². The fourth-order valence-electron chi connectivity index (χ4n) is 3.10. The normalized spacial score (nSPS) is 15.3. The second-order valence-corrected chi connectivity index (χ2v) is 9.14. The maximum atomic E-state index is 12.8. The van der Waals surface area contributed by atoms with Crippen LogP contribution in [0.1, 0.15) is 46.4 Å². The minimum atomic E-state index is -3.57. The molecule has 1 aliphatic heterocycles. The number of sulfonamides is 1. The molecular weight excluding hydrogens is 414 g/mol. The maximum Gasteiger partial charge on any atom is 0.269 e. The minimum Gasteiger partial charge on any atom is -0.267 e. The molecule has 0 unspecified atom stereocenters. The van der Waals surface area contributed by atoms with Gasteiger partial charge < -0.3 is 0 Å². The van der Waals surface area contributed by atoms with E-state index < -0.39 is 21.8 Å². The molecule has 154 valence electrons. The van der Waals surface area contributed by atoms with Crippen LogP contribution in [0, 0.1) is 0 Å². The Bertz CT molecular complexity index is 985. The van der Waals surface area contributed by atoms with E-state index in [4.69, 9.17) is 11.6 Å². The van der Waals surface area contributed by atoms with Crippen LogP contribution in [-0.4, -0.2) is 37.6 Å². The van der Waals surface area contributed by atoms with Gasteiger partial charge in [0.05, 0.1) is 4.90 Å². The quantitative estimate of drug-likeness (QED) is 0.721. The molecule has 3 rings (SSSR count). The van der Waals surface area contributed by atoms with Crippen LogP contribution in [0.3, 0.4) is 0 Å². The Morgan fingerprint density at radius 2 is 1.41 bits per heavy atom. The molecular formula is C20H22ClN3O4S. The number of amides is 2. The summed E-state index contributed by atoms with van der Waals surface area (Å²) in [6, 6.07) is 12.0. The summed E-state index contributed by atoms with van der Waals surface area (Å²) >= 11 is 5.84. The molecule has 1 aliphatic rings. The molecule has 1 heterocycles. The molecule has 1 fully saturated rings. The smallest absolute Gasteiger partial charge is 0.267 e. The maximum absolute atomic E-state index is 12.8. The molecule has 0 radical (unpaired) electrons. The van der Waals surface area contributed by atoms with Gasteiger partial charge in [-0.2, -0.15) is 4.31 Å². The molecule has 9 heteroatoms. The average Bonchev–Trinajstić information content (AvgIpc) is 3.02. The molecule has 0 aliphatic carbocycles. The highest BCUT2D eigenvalue weighted by Crippen LogP contribution is 2.20. The van der Waals surface area contributed by atoms with E-state index >= 15 is 0 Å². The number of nitrogens with one attached hydrogen (secondary N) is 2. The highest BCUT2D eigenvalue weighted by molar-refractivity contribution is 7.89. The second kappa shape index (κ2) is 9.39. The number of hydrogen-bond acceptors (Lipinski definition) is 4. The first-order valence-electron chi connectivity index (χ1n) is 9.34. The van der Waals surface area contributed by atoms with Crippen LogP contribution in [0.5, 0.6) is 0 Å². The van der Waals surface area contributed by atoms with Gasteiger partial charge in [0.15, 0.2) is 0 Å². The van der Waals surface area contributed by atoms with Gasteiger partial charge in [0, 0.05) is 29.2 Å². The van der Waals surface area contributed by atoms with E-state index in [1.165, 1.54) is 34.6 Å². The molecule has 2 amide bonds. The Labute approximate surface area is 175 Å². The summed E-state index contributed by atoms with van der Waals surface area (Å²) in [6.45, 7) is 1.03. The summed E-state index contributed by atoms with van der Waals surface area (Å²) in [5.74, 6) is -1.07. The molecule has 2 aromatic carbocycles. The fourth-order valence-corrected chi connectivity index (χ4v) is 4.80. The van der Waals surface area contributed by atoms with Gasteiger partial charge in [-0.15, -0.1) is 0 Å². The number of rotatable bonds is 4. The molecule has 0 spiro atoms. The topological polar surface area (TPSA) is 95.6 Å². The lowest BCUT2D eigenvalue weighted by atomic mass is 10.2. The standard InChI is InChI=1S/C20H22ClN3O4S/c21-17-7-5-6-16(14-17)20(26)23-22-19(25)15-8-10-18(11-9-15)29(27,28)24-12-3-1-2-4-13-24/h5-11,14H,1-4,12-13H2,(H,22,25)(H,23,26). The molecule has 1 saturated heterocycles. The van der Waals surface area contributed by atoms with E-state index in [0.29, 0.717) is 23.7 Å². The molecule has 29 heavy (non-hydrogen) atoms. The van der Waals surface area contributed by atoms with Crippen molar-refractivity contribution in [1.29, 1.82) is 0 Å². The molecule has 0 bridgehead atoms. The van der Waals surface area contributed by atoms with Gasteiger partial charge in [-0.05, 0) is 55.3 Å². The van der Waals surface area contributed by atoms with E-state index in [9.17, 15) is 18.0 Å². The highest BCUT2D eigenvalue weighted by atomic mass is 35.5. The van der Waals surface area contributed by atoms with Crippen molar-refractivity contribution in [2.75, 3.05) is 13.1 Å². The van der Waals surface area contributed by atoms with E-state index in [2.05, 4.69) is 10.9 Å². The largest absolute Gasteiger partial charge is 0.269 e. The van der Waals surface area contributed by atoms with E-state index in [0.717, 1.165) is 25.7 Å². The van der Waals surface area contributed by atoms with Crippen molar-refractivity contribution < 1.29 is 18.0 Å². The van der Waals surface area contributed by atoms with Crippen LogP contribution in [0.25, 0.3) is 0 Å². The predicted molar refractivity (Wildman–Crippen MR) is 110 cm³/mol. The summed E-state index contributed by atoms with van der Waals surface area (Å²) in [5.41, 5.74) is 5.14. The zero-order valence-electron chi connectivity index (χ0n) is 15.7. The van der Waals surface area contributed by atoms with Crippen molar-refractivity contribution in [2.24, 2.45) is 0 Å². The van der Waals surface area contributed by atoms with Crippen molar-refractivity contribution >= 4 is 33.4 Å². The second-order valence-electron chi connectivity index (χ2n) is 6.76. The van der Waals surface area contributed by atoms with Crippen LogP contribution in [0.15, 0.2) is 53.4 Å². The minimum absolute atomic E-state index is 0.152. The Morgan fingerprint density at radius 3 is 2.00 bits per heavy atom. The number of hydrazine groups is 1. The van der Waals surface area contributed by atoms with Gasteiger partial charge in [-0.25, -0.2) is 8.42 Å². The molecule has 2 N–H and O–H groups in total. The number of carbonyl (C=O) groups is 2. The van der Waals surface area contributed by atoms with Gasteiger partial charge >= 0.3 is 0 Å². The number of hydrogen-bond donors (Lipinski definition) is 2. The lowest BCUT2D eigenvalue weighted by Crippen LogP contribution is -2.41. The molecule has 0 saturated carbocycles. The van der Waals surface area contributed by atoms with E-state index in [1.54, 1.807) is 18.2 Å². The first-order chi connectivity index (χ1) is 13.9. The van der Waals surface area contributed by atoms with Crippen molar-refractivity contribution in [2.45, 2.75) is 30.6 Å². The van der Waals surface area contributed by atoms with Crippen LogP contribution >= 0.6 is 11.6 Å². The Kier molecular flexibility index (Phi) is 6.89. The van der Waals surface area contributed by atoms with Crippen molar-refractivity contribution in [3.05, 3.63) is 64.7 Å². The zero-order chi connectivity index (χ0) is 20.9. The molecule has 2 aromatic rings. The van der Waals surface area contributed by atoms with Crippen LogP contribution in [0.2, 0.25) is 5.02 Å². The number of nitrogens with zero attached hydrogens (tertiary/aromatic N) is 1. The van der Waals surface area contributed by atoms with Gasteiger partial charge in [-0.1, -0.05) is 30.5 Å². The Morgan fingerprint density at radius 1 is 0.828 bits per heavy atom. The zero-order valence-corrected chi connectivity index (χ0v) is 17.3. The third kappa shape index (κ3) is 5.35. The monoisotopic (exact) mass is 435 g/mol. The van der Waals surface area contributed by atoms with Crippen LogP contribution < -0.4 is 10.9 Å². The average molecular weight is 436 g/mol. The highest BCUT2D eigenvalue weighted by Gasteiger charge is 2.25. The summed E-state index contributed by atoms with van der Waals surface area (Å²) in [5, 5.41) is 0.408.